The lowest BCUT2D eigenvalue weighted by Crippen LogP contribution is -2.48. The van der Waals surface area contributed by atoms with Gasteiger partial charge in [-0.3, -0.25) is 4.79 Å². The molecule has 1 unspecified atom stereocenters. The molecule has 2 aliphatic rings. The van der Waals surface area contributed by atoms with Crippen molar-refractivity contribution < 1.29 is 9.53 Å². The minimum atomic E-state index is -0.166. The fourth-order valence-electron chi connectivity index (χ4n) is 4.27. The summed E-state index contributed by atoms with van der Waals surface area (Å²) in [6.07, 6.45) is 5.45. The lowest BCUT2D eigenvalue weighted by atomic mass is 10.1. The van der Waals surface area contributed by atoms with Crippen LogP contribution in [0.25, 0.3) is 0 Å². The zero-order chi connectivity index (χ0) is 20.2. The van der Waals surface area contributed by atoms with Gasteiger partial charge in [0.15, 0.2) is 0 Å². The number of likely N-dealkylation sites (tertiary alicyclic amines) is 1. The number of aromatic nitrogens is 2. The number of ether oxygens (including phenoxy) is 1. The molecule has 7 nitrogen and oxygen atoms in total. The molecule has 2 saturated heterocycles. The molecular weight excluding hydrogens is 434 g/mol. The number of nitrogens with one attached hydrogen (secondary N) is 1. The van der Waals surface area contributed by atoms with E-state index < -0.39 is 0 Å². The van der Waals surface area contributed by atoms with Gasteiger partial charge in [-0.05, 0) is 43.9 Å². The molecule has 0 spiro atoms. The molecule has 0 saturated carbocycles. The molecule has 2 aromatic rings. The maximum absolute atomic E-state index is 13.3. The van der Waals surface area contributed by atoms with Gasteiger partial charge in [0, 0.05) is 36.4 Å². The van der Waals surface area contributed by atoms with Crippen LogP contribution < -0.4 is 10.2 Å². The average molecular weight is 460 g/mol. The Labute approximate surface area is 179 Å². The number of hydrogen-bond donors (Lipinski definition) is 1. The fraction of sp³-hybridized carbons (Fsp3) is 0.476. The lowest BCUT2D eigenvalue weighted by molar-refractivity contribution is -0.134. The molecule has 1 aromatic carbocycles. The highest BCUT2D eigenvalue weighted by molar-refractivity contribution is 9.10. The van der Waals surface area contributed by atoms with E-state index in [9.17, 15) is 4.79 Å². The standard InChI is InChI=1S/C21H26BrN5O2/c1-29-13-17-7-3-9-26(17)21(28)18-8-4-10-27(18)20-12-19(23-14-24-20)25-16-6-2-5-15(22)11-16/h2,5-6,11-12,14,17-18H,3-4,7-10,13H2,1H3,(H,23,24,25)/t17-,18?/m0/s1. The molecule has 3 heterocycles. The Hall–Kier alpha value is -2.19. The van der Waals surface area contributed by atoms with E-state index in [4.69, 9.17) is 4.74 Å². The number of carbonyl (C=O) groups excluding carboxylic acids is 1. The summed E-state index contributed by atoms with van der Waals surface area (Å²) in [5, 5.41) is 3.31. The van der Waals surface area contributed by atoms with Gasteiger partial charge >= 0.3 is 0 Å². The van der Waals surface area contributed by atoms with Crippen LogP contribution in [0.2, 0.25) is 0 Å². The second-order valence-corrected chi connectivity index (χ2v) is 8.45. The van der Waals surface area contributed by atoms with E-state index in [-0.39, 0.29) is 18.0 Å². The van der Waals surface area contributed by atoms with Gasteiger partial charge in [-0.2, -0.15) is 0 Å². The highest BCUT2D eigenvalue weighted by atomic mass is 79.9. The Morgan fingerprint density at radius 1 is 1.24 bits per heavy atom. The number of nitrogens with zero attached hydrogens (tertiary/aromatic N) is 4. The number of anilines is 3. The molecule has 4 rings (SSSR count). The number of benzene rings is 1. The van der Waals surface area contributed by atoms with Crippen LogP contribution in [0.1, 0.15) is 25.7 Å². The zero-order valence-corrected chi connectivity index (χ0v) is 18.1. The van der Waals surface area contributed by atoms with Crippen LogP contribution in [-0.4, -0.2) is 59.7 Å². The van der Waals surface area contributed by atoms with Gasteiger partial charge in [0.05, 0.1) is 12.6 Å². The third-order valence-electron chi connectivity index (χ3n) is 5.60. The second kappa shape index (κ2) is 9.09. The number of carbonyl (C=O) groups is 1. The first-order chi connectivity index (χ1) is 14.2. The average Bonchev–Trinajstić information content (AvgIpc) is 3.38. The Morgan fingerprint density at radius 2 is 2.10 bits per heavy atom. The van der Waals surface area contributed by atoms with Crippen LogP contribution in [0.3, 0.4) is 0 Å². The number of halogens is 1. The number of methoxy groups -OCH3 is 1. The van der Waals surface area contributed by atoms with Gasteiger partial charge in [-0.25, -0.2) is 9.97 Å². The van der Waals surface area contributed by atoms with Crippen molar-refractivity contribution in [3.8, 4) is 0 Å². The molecule has 8 heteroatoms. The van der Waals surface area contributed by atoms with Gasteiger partial charge < -0.3 is 19.9 Å². The summed E-state index contributed by atoms with van der Waals surface area (Å²) in [6, 6.07) is 9.87. The van der Waals surface area contributed by atoms with Gasteiger partial charge in [-0.15, -0.1) is 0 Å². The monoisotopic (exact) mass is 459 g/mol. The molecule has 2 aliphatic heterocycles. The summed E-state index contributed by atoms with van der Waals surface area (Å²) >= 11 is 3.48. The van der Waals surface area contributed by atoms with E-state index in [0.29, 0.717) is 12.4 Å². The smallest absolute Gasteiger partial charge is 0.245 e. The van der Waals surface area contributed by atoms with Crippen molar-refractivity contribution in [3.05, 3.63) is 41.1 Å². The van der Waals surface area contributed by atoms with Crippen molar-refractivity contribution in [2.45, 2.75) is 37.8 Å². The third-order valence-corrected chi connectivity index (χ3v) is 6.09. The first kappa shape index (κ1) is 20.1. The summed E-state index contributed by atoms with van der Waals surface area (Å²) < 4.78 is 6.32. The van der Waals surface area contributed by atoms with Gasteiger partial charge in [0.25, 0.3) is 0 Å². The van der Waals surface area contributed by atoms with Crippen LogP contribution in [0.5, 0.6) is 0 Å². The molecule has 0 radical (unpaired) electrons. The van der Waals surface area contributed by atoms with Crippen molar-refractivity contribution in [2.75, 3.05) is 37.0 Å². The van der Waals surface area contributed by atoms with Gasteiger partial charge in [0.2, 0.25) is 5.91 Å². The Kier molecular flexibility index (Phi) is 6.30. The second-order valence-electron chi connectivity index (χ2n) is 7.53. The fourth-order valence-corrected chi connectivity index (χ4v) is 4.67. The third kappa shape index (κ3) is 4.53. The van der Waals surface area contributed by atoms with Crippen LogP contribution in [0.4, 0.5) is 17.3 Å². The quantitative estimate of drug-likeness (QED) is 0.711. The number of amides is 1. The summed E-state index contributed by atoms with van der Waals surface area (Å²) in [4.78, 5) is 26.2. The van der Waals surface area contributed by atoms with Crippen molar-refractivity contribution >= 4 is 39.2 Å². The minimum Gasteiger partial charge on any atom is -0.383 e. The van der Waals surface area contributed by atoms with Crippen molar-refractivity contribution in [3.63, 3.8) is 0 Å². The summed E-state index contributed by atoms with van der Waals surface area (Å²) in [5.41, 5.74) is 0.942. The molecule has 2 atom stereocenters. The first-order valence-corrected chi connectivity index (χ1v) is 10.9. The van der Waals surface area contributed by atoms with E-state index in [0.717, 1.165) is 54.8 Å². The normalized spacial score (nSPS) is 21.6. The minimum absolute atomic E-state index is 0.166. The topological polar surface area (TPSA) is 70.6 Å². The summed E-state index contributed by atoms with van der Waals surface area (Å²) in [7, 11) is 1.70. The molecule has 2 fully saturated rings. The summed E-state index contributed by atoms with van der Waals surface area (Å²) in [5.74, 6) is 1.70. The number of hydrogen-bond acceptors (Lipinski definition) is 6. The van der Waals surface area contributed by atoms with Crippen molar-refractivity contribution in [1.82, 2.24) is 14.9 Å². The molecule has 154 valence electrons. The lowest BCUT2D eigenvalue weighted by Gasteiger charge is -2.31. The zero-order valence-electron chi connectivity index (χ0n) is 16.6. The van der Waals surface area contributed by atoms with Crippen LogP contribution >= 0.6 is 15.9 Å². The molecule has 1 amide bonds. The Balaban J connectivity index is 1.50. The van der Waals surface area contributed by atoms with E-state index in [1.54, 1.807) is 13.4 Å². The molecular formula is C21H26BrN5O2. The van der Waals surface area contributed by atoms with E-state index in [1.807, 2.05) is 35.2 Å². The number of rotatable bonds is 6. The predicted molar refractivity (Wildman–Crippen MR) is 116 cm³/mol. The van der Waals surface area contributed by atoms with Crippen molar-refractivity contribution in [2.24, 2.45) is 0 Å². The molecule has 1 N–H and O–H groups in total. The van der Waals surface area contributed by atoms with Crippen LogP contribution in [-0.2, 0) is 9.53 Å². The van der Waals surface area contributed by atoms with Crippen LogP contribution in [0.15, 0.2) is 41.1 Å². The molecule has 0 bridgehead atoms. The maximum atomic E-state index is 13.3. The van der Waals surface area contributed by atoms with Crippen LogP contribution in [0, 0.1) is 0 Å². The predicted octanol–water partition coefficient (Wildman–Crippen LogP) is 3.59. The van der Waals surface area contributed by atoms with E-state index >= 15 is 0 Å². The highest BCUT2D eigenvalue weighted by Crippen LogP contribution is 2.29. The first-order valence-electron chi connectivity index (χ1n) is 10.1. The Morgan fingerprint density at radius 3 is 2.93 bits per heavy atom. The van der Waals surface area contributed by atoms with Gasteiger partial charge in [-0.1, -0.05) is 22.0 Å². The Bertz CT molecular complexity index is 864. The van der Waals surface area contributed by atoms with E-state index in [2.05, 4.69) is 36.1 Å². The van der Waals surface area contributed by atoms with Crippen molar-refractivity contribution in [1.29, 1.82) is 0 Å². The maximum Gasteiger partial charge on any atom is 0.245 e. The summed E-state index contributed by atoms with van der Waals surface area (Å²) in [6.45, 7) is 2.25. The van der Waals surface area contributed by atoms with Gasteiger partial charge in [0.1, 0.15) is 24.0 Å². The SMILES string of the molecule is COC[C@@H]1CCCN1C(=O)C1CCCN1c1cc(Nc2cccc(Br)c2)ncn1. The largest absolute Gasteiger partial charge is 0.383 e. The molecule has 0 aliphatic carbocycles. The molecule has 1 aromatic heterocycles. The highest BCUT2D eigenvalue weighted by Gasteiger charge is 2.38. The van der Waals surface area contributed by atoms with E-state index in [1.165, 1.54) is 0 Å². The molecule has 29 heavy (non-hydrogen) atoms.